The molecule has 0 heterocycles. The van der Waals surface area contributed by atoms with Crippen molar-refractivity contribution in [3.8, 4) is 0 Å². The van der Waals surface area contributed by atoms with Gasteiger partial charge >= 0.3 is 0 Å². The second-order valence-corrected chi connectivity index (χ2v) is 8.43. The molecule has 0 saturated heterocycles. The van der Waals surface area contributed by atoms with E-state index in [4.69, 9.17) is 4.74 Å². The summed E-state index contributed by atoms with van der Waals surface area (Å²) in [7, 11) is -4.89. The molecule has 0 amide bonds. The summed E-state index contributed by atoms with van der Waals surface area (Å²) < 4.78 is 19.9. The van der Waals surface area contributed by atoms with Crippen molar-refractivity contribution in [1.82, 2.24) is 0 Å². The molecule has 0 aliphatic rings. The molecule has 0 aromatic carbocycles. The maximum absolute atomic E-state index is 10.3. The maximum atomic E-state index is 10.3. The number of phosphoric acid groups is 1. The largest absolute Gasteiger partial charge is 0.790 e. The van der Waals surface area contributed by atoms with Gasteiger partial charge in [0.05, 0.1) is 7.82 Å². The Balaban J connectivity index is 3.14. The highest BCUT2D eigenvalue weighted by molar-refractivity contribution is 7.43. The smallest absolute Gasteiger partial charge is 0.132 e. The van der Waals surface area contributed by atoms with E-state index in [1.165, 1.54) is 77.0 Å². The first-order valence-corrected chi connectivity index (χ1v) is 12.0. The molecule has 0 rings (SSSR count). The standard InChI is InChI=1S/C19H42NO5P/c1-2-3-4-5-6-7-8-9-10-11-12-13-14-15-16-24-17-19(20)18-25-26(21,22)23/h19H,2-18,20H2,1H3,(H2,21,22,23)/p-1/t19-/m1/s1. The summed E-state index contributed by atoms with van der Waals surface area (Å²) in [6, 6.07) is -0.335. The number of hydrogen-bond donors (Lipinski definition) is 1. The molecule has 0 aromatic heterocycles. The Bertz CT molecular complexity index is 338. The molecule has 0 aliphatic heterocycles. The van der Waals surface area contributed by atoms with Crippen molar-refractivity contribution in [2.24, 2.45) is 0 Å². The zero-order valence-electron chi connectivity index (χ0n) is 16.8. The highest BCUT2D eigenvalue weighted by Gasteiger charge is 2.07. The van der Waals surface area contributed by atoms with Gasteiger partial charge < -0.3 is 29.3 Å². The van der Waals surface area contributed by atoms with Gasteiger partial charge in [-0.25, -0.2) is 0 Å². The number of unbranched alkanes of at least 4 members (excludes halogenated alkanes) is 13. The van der Waals surface area contributed by atoms with Gasteiger partial charge in [0.25, 0.3) is 0 Å². The van der Waals surface area contributed by atoms with Crippen LogP contribution >= 0.6 is 7.82 Å². The Morgan fingerprint density at radius 1 is 0.769 bits per heavy atom. The van der Waals surface area contributed by atoms with Crippen molar-refractivity contribution < 1.29 is 29.3 Å². The number of phosphoric ester groups is 1. The van der Waals surface area contributed by atoms with Crippen LogP contribution in [-0.4, -0.2) is 25.9 Å². The van der Waals surface area contributed by atoms with Crippen molar-refractivity contribution in [1.29, 1.82) is 0 Å². The Labute approximate surface area is 160 Å². The van der Waals surface area contributed by atoms with Gasteiger partial charge in [-0.1, -0.05) is 90.4 Å². The van der Waals surface area contributed by atoms with Gasteiger partial charge in [0.15, 0.2) is 0 Å². The molecule has 0 spiro atoms. The number of quaternary nitrogens is 1. The number of hydrogen-bond acceptors (Lipinski definition) is 5. The summed E-state index contributed by atoms with van der Waals surface area (Å²) in [6.07, 6.45) is 18.5. The minimum Gasteiger partial charge on any atom is -0.790 e. The molecule has 0 unspecified atom stereocenters. The zero-order chi connectivity index (χ0) is 19.5. The molecule has 1 atom stereocenters. The van der Waals surface area contributed by atoms with Crippen LogP contribution in [0.25, 0.3) is 0 Å². The zero-order valence-corrected chi connectivity index (χ0v) is 17.7. The van der Waals surface area contributed by atoms with E-state index in [9.17, 15) is 14.4 Å². The van der Waals surface area contributed by atoms with E-state index in [0.717, 1.165) is 12.8 Å². The van der Waals surface area contributed by atoms with E-state index in [0.29, 0.717) is 13.2 Å². The summed E-state index contributed by atoms with van der Waals surface area (Å²) in [5.74, 6) is 0. The molecular formula is C19H41NO5P-. The molecule has 0 saturated carbocycles. The highest BCUT2D eigenvalue weighted by atomic mass is 31.2. The van der Waals surface area contributed by atoms with Crippen LogP contribution in [0.3, 0.4) is 0 Å². The topological polar surface area (TPSA) is 109 Å². The summed E-state index contributed by atoms with van der Waals surface area (Å²) in [5, 5.41) is 0. The molecule has 0 fully saturated rings. The Hall–Kier alpha value is 0.0300. The molecule has 7 heteroatoms. The fourth-order valence-corrected chi connectivity index (χ4v) is 3.29. The second-order valence-electron chi connectivity index (χ2n) is 7.28. The minimum absolute atomic E-state index is 0.205. The Kier molecular flexibility index (Phi) is 18.4. The van der Waals surface area contributed by atoms with E-state index in [1.54, 1.807) is 0 Å². The van der Waals surface area contributed by atoms with Crippen molar-refractivity contribution >= 4 is 7.82 Å². The molecule has 0 bridgehead atoms. The predicted octanol–water partition coefficient (Wildman–Crippen LogP) is 2.94. The number of rotatable bonds is 20. The van der Waals surface area contributed by atoms with Gasteiger partial charge in [-0.05, 0) is 6.42 Å². The molecular weight excluding hydrogens is 353 g/mol. The molecule has 26 heavy (non-hydrogen) atoms. The molecule has 6 nitrogen and oxygen atoms in total. The van der Waals surface area contributed by atoms with Crippen molar-refractivity contribution in [3.05, 3.63) is 0 Å². The van der Waals surface area contributed by atoms with Gasteiger partial charge in [-0.15, -0.1) is 0 Å². The Morgan fingerprint density at radius 3 is 1.62 bits per heavy atom. The third-order valence-corrected chi connectivity index (χ3v) is 4.93. The lowest BCUT2D eigenvalue weighted by Gasteiger charge is -2.29. The van der Waals surface area contributed by atoms with Crippen LogP contribution in [0.4, 0.5) is 0 Å². The first kappa shape index (κ1) is 26.0. The highest BCUT2D eigenvalue weighted by Crippen LogP contribution is 2.23. The summed E-state index contributed by atoms with van der Waals surface area (Å²) in [4.78, 5) is 20.7. The van der Waals surface area contributed by atoms with E-state index in [2.05, 4.69) is 17.2 Å². The van der Waals surface area contributed by atoms with E-state index >= 15 is 0 Å². The second kappa shape index (κ2) is 18.4. The van der Waals surface area contributed by atoms with E-state index in [-0.39, 0.29) is 12.6 Å². The SMILES string of the molecule is CCCCCCCCCCCCCCCCOC[C@@H]([NH3+])COP(=O)([O-])[O-]. The molecule has 158 valence electrons. The van der Waals surface area contributed by atoms with Crippen LogP contribution in [0.5, 0.6) is 0 Å². The average Bonchev–Trinajstić information content (AvgIpc) is 2.59. The maximum Gasteiger partial charge on any atom is 0.132 e. The van der Waals surface area contributed by atoms with Crippen LogP contribution < -0.4 is 15.5 Å². The summed E-state index contributed by atoms with van der Waals surface area (Å²) >= 11 is 0. The summed E-state index contributed by atoms with van der Waals surface area (Å²) in [6.45, 7) is 3.02. The van der Waals surface area contributed by atoms with E-state index < -0.39 is 7.82 Å². The summed E-state index contributed by atoms with van der Waals surface area (Å²) in [5.41, 5.74) is 3.70. The van der Waals surface area contributed by atoms with Gasteiger partial charge in [0.1, 0.15) is 19.3 Å². The fraction of sp³-hybridized carbons (Fsp3) is 1.00. The minimum atomic E-state index is -4.89. The average molecular weight is 395 g/mol. The lowest BCUT2D eigenvalue weighted by atomic mass is 10.0. The first-order valence-electron chi connectivity index (χ1n) is 10.5. The van der Waals surface area contributed by atoms with Gasteiger partial charge in [0.2, 0.25) is 0 Å². The van der Waals surface area contributed by atoms with Gasteiger partial charge in [-0.3, -0.25) is 0 Å². The monoisotopic (exact) mass is 394 g/mol. The molecule has 0 radical (unpaired) electrons. The van der Waals surface area contributed by atoms with Crippen LogP contribution in [0.1, 0.15) is 96.8 Å². The third-order valence-electron chi connectivity index (χ3n) is 4.46. The molecule has 3 N–H and O–H groups in total. The van der Waals surface area contributed by atoms with Gasteiger partial charge in [0, 0.05) is 6.61 Å². The van der Waals surface area contributed by atoms with Gasteiger partial charge in [-0.2, -0.15) is 0 Å². The van der Waals surface area contributed by atoms with Crippen LogP contribution in [-0.2, 0) is 13.8 Å². The fourth-order valence-electron chi connectivity index (χ4n) is 2.89. The van der Waals surface area contributed by atoms with E-state index in [1.807, 2.05) is 0 Å². The Morgan fingerprint density at radius 2 is 1.19 bits per heavy atom. The van der Waals surface area contributed by atoms with Crippen LogP contribution in [0.15, 0.2) is 0 Å². The van der Waals surface area contributed by atoms with Crippen LogP contribution in [0, 0.1) is 0 Å². The van der Waals surface area contributed by atoms with Crippen molar-refractivity contribution in [3.63, 3.8) is 0 Å². The van der Waals surface area contributed by atoms with Crippen molar-refractivity contribution in [2.75, 3.05) is 19.8 Å². The molecule has 0 aliphatic carbocycles. The molecule has 0 aromatic rings. The normalized spacial score (nSPS) is 13.2. The number of ether oxygens (including phenoxy) is 1. The lowest BCUT2D eigenvalue weighted by Crippen LogP contribution is -2.65. The predicted molar refractivity (Wildman–Crippen MR) is 101 cm³/mol. The van der Waals surface area contributed by atoms with Crippen molar-refractivity contribution in [2.45, 2.75) is 103 Å². The first-order chi connectivity index (χ1) is 12.5. The third kappa shape index (κ3) is 22.1. The lowest BCUT2D eigenvalue weighted by molar-refractivity contribution is -0.435. The quantitative estimate of drug-likeness (QED) is 0.252. The van der Waals surface area contributed by atoms with Crippen LogP contribution in [0.2, 0.25) is 0 Å².